The minimum absolute atomic E-state index is 0.233. The van der Waals surface area contributed by atoms with E-state index < -0.39 is 12.2 Å². The van der Waals surface area contributed by atoms with E-state index in [0.29, 0.717) is 19.5 Å². The fourth-order valence-corrected chi connectivity index (χ4v) is 1.73. The van der Waals surface area contributed by atoms with Crippen LogP contribution in [0.2, 0.25) is 0 Å². The Morgan fingerprint density at radius 2 is 2.15 bits per heavy atom. The summed E-state index contributed by atoms with van der Waals surface area (Å²) >= 11 is 0. The molecule has 1 aliphatic rings. The van der Waals surface area contributed by atoms with Crippen LogP contribution < -0.4 is 0 Å². The lowest BCUT2D eigenvalue weighted by Crippen LogP contribution is -2.41. The van der Waals surface area contributed by atoms with Crippen LogP contribution in [-0.4, -0.2) is 30.2 Å². The van der Waals surface area contributed by atoms with Crippen molar-refractivity contribution in [2.24, 2.45) is 0 Å². The van der Waals surface area contributed by atoms with Crippen LogP contribution in [0.5, 0.6) is 0 Å². The predicted octanol–water partition coefficient (Wildman–Crippen LogP) is 2.59. The number of halogens is 3. The van der Waals surface area contributed by atoms with Crippen LogP contribution in [0.25, 0.3) is 0 Å². The average molecular weight is 193 g/mol. The van der Waals surface area contributed by atoms with Crippen LogP contribution in [0.1, 0.15) is 19.8 Å². The molecule has 13 heavy (non-hydrogen) atoms. The van der Waals surface area contributed by atoms with E-state index in [1.54, 1.807) is 6.92 Å². The maximum absolute atomic E-state index is 12.4. The molecule has 1 nitrogen and oxygen atoms in total. The van der Waals surface area contributed by atoms with Gasteiger partial charge in [-0.05, 0) is 26.3 Å². The van der Waals surface area contributed by atoms with Crippen LogP contribution in [0.15, 0.2) is 12.2 Å². The Labute approximate surface area is 76.2 Å². The Kier molecular flexibility index (Phi) is 3.01. The molecular weight excluding hydrogens is 179 g/mol. The molecule has 0 bridgehead atoms. The lowest BCUT2D eigenvalue weighted by atomic mass is 10.2. The first-order valence-corrected chi connectivity index (χ1v) is 4.36. The first kappa shape index (κ1) is 10.6. The minimum atomic E-state index is -4.08. The highest BCUT2D eigenvalue weighted by atomic mass is 19.4. The fraction of sp³-hybridized carbons (Fsp3) is 0.778. The van der Waals surface area contributed by atoms with Crippen molar-refractivity contribution in [1.82, 2.24) is 4.90 Å². The second-order valence-electron chi connectivity index (χ2n) is 3.63. The van der Waals surface area contributed by atoms with Crippen LogP contribution >= 0.6 is 0 Å². The zero-order valence-corrected chi connectivity index (χ0v) is 7.69. The molecule has 0 aromatic carbocycles. The monoisotopic (exact) mass is 193 g/mol. The number of rotatable bonds is 2. The van der Waals surface area contributed by atoms with Gasteiger partial charge < -0.3 is 0 Å². The number of alkyl halides is 3. The number of nitrogens with zero attached hydrogens (tertiary/aromatic N) is 1. The molecule has 0 aliphatic carbocycles. The summed E-state index contributed by atoms with van der Waals surface area (Å²) in [6.07, 6.45) is -3.21. The summed E-state index contributed by atoms with van der Waals surface area (Å²) in [5.74, 6) is 0. The SMILES string of the molecule is C=C(C)CN1CCCC1C(F)(F)F. The third-order valence-electron chi connectivity index (χ3n) is 2.21. The first-order chi connectivity index (χ1) is 5.91. The summed E-state index contributed by atoms with van der Waals surface area (Å²) in [4.78, 5) is 1.46. The van der Waals surface area contributed by atoms with Crippen LogP contribution in [0.4, 0.5) is 13.2 Å². The lowest BCUT2D eigenvalue weighted by Gasteiger charge is -2.26. The van der Waals surface area contributed by atoms with Gasteiger partial charge in [0.1, 0.15) is 6.04 Å². The van der Waals surface area contributed by atoms with E-state index in [-0.39, 0.29) is 6.42 Å². The molecule has 1 heterocycles. The molecule has 1 unspecified atom stereocenters. The summed E-state index contributed by atoms with van der Waals surface area (Å²) in [6, 6.07) is -1.25. The van der Waals surface area contributed by atoms with E-state index >= 15 is 0 Å². The molecule has 0 aromatic rings. The van der Waals surface area contributed by atoms with E-state index in [0.717, 1.165) is 5.57 Å². The van der Waals surface area contributed by atoms with Gasteiger partial charge in [0.05, 0.1) is 0 Å². The average Bonchev–Trinajstić information content (AvgIpc) is 2.31. The Balaban J connectivity index is 2.59. The van der Waals surface area contributed by atoms with Crippen molar-refractivity contribution >= 4 is 0 Å². The summed E-state index contributed by atoms with van der Waals surface area (Å²) in [6.45, 7) is 6.29. The third kappa shape index (κ3) is 2.72. The van der Waals surface area contributed by atoms with Gasteiger partial charge in [0.2, 0.25) is 0 Å². The molecule has 0 saturated carbocycles. The molecule has 76 valence electrons. The van der Waals surface area contributed by atoms with E-state index in [1.807, 2.05) is 0 Å². The molecule has 0 spiro atoms. The van der Waals surface area contributed by atoms with Gasteiger partial charge >= 0.3 is 6.18 Å². The minimum Gasteiger partial charge on any atom is -0.288 e. The normalized spacial score (nSPS) is 25.1. The summed E-state index contributed by atoms with van der Waals surface area (Å²) < 4.78 is 37.2. The Bertz CT molecular complexity index is 198. The van der Waals surface area contributed by atoms with Crippen molar-refractivity contribution in [2.45, 2.75) is 32.0 Å². The van der Waals surface area contributed by atoms with Gasteiger partial charge in [-0.1, -0.05) is 12.2 Å². The molecule has 1 fully saturated rings. The standard InChI is InChI=1S/C9H14F3N/c1-7(2)6-13-5-3-4-8(13)9(10,11)12/h8H,1,3-6H2,2H3. The maximum atomic E-state index is 12.4. The van der Waals surface area contributed by atoms with E-state index in [1.165, 1.54) is 4.90 Å². The van der Waals surface area contributed by atoms with Gasteiger partial charge in [-0.15, -0.1) is 0 Å². The molecule has 1 aliphatic heterocycles. The molecule has 0 amide bonds. The van der Waals surface area contributed by atoms with E-state index in [2.05, 4.69) is 6.58 Å². The summed E-state index contributed by atoms with van der Waals surface area (Å²) in [5, 5.41) is 0. The van der Waals surface area contributed by atoms with Crippen molar-refractivity contribution in [3.8, 4) is 0 Å². The van der Waals surface area contributed by atoms with Crippen molar-refractivity contribution in [3.63, 3.8) is 0 Å². The van der Waals surface area contributed by atoms with Crippen molar-refractivity contribution in [3.05, 3.63) is 12.2 Å². The van der Waals surface area contributed by atoms with Crippen LogP contribution in [-0.2, 0) is 0 Å². The van der Waals surface area contributed by atoms with Gasteiger partial charge in [-0.25, -0.2) is 0 Å². The molecular formula is C9H14F3N. The molecule has 1 rings (SSSR count). The summed E-state index contributed by atoms with van der Waals surface area (Å²) in [7, 11) is 0. The van der Waals surface area contributed by atoms with Gasteiger partial charge in [-0.2, -0.15) is 13.2 Å². The number of hydrogen-bond donors (Lipinski definition) is 0. The fourth-order valence-electron chi connectivity index (χ4n) is 1.73. The van der Waals surface area contributed by atoms with Crippen molar-refractivity contribution in [1.29, 1.82) is 0 Å². The number of hydrogen-bond acceptors (Lipinski definition) is 1. The summed E-state index contributed by atoms with van der Waals surface area (Å²) in [5.41, 5.74) is 0.788. The molecule has 0 radical (unpaired) electrons. The predicted molar refractivity (Wildman–Crippen MR) is 45.5 cm³/mol. The quantitative estimate of drug-likeness (QED) is 0.609. The molecule has 1 atom stereocenters. The molecule has 1 saturated heterocycles. The smallest absolute Gasteiger partial charge is 0.288 e. The van der Waals surface area contributed by atoms with Crippen molar-refractivity contribution in [2.75, 3.05) is 13.1 Å². The first-order valence-electron chi connectivity index (χ1n) is 4.36. The third-order valence-corrected chi connectivity index (χ3v) is 2.21. The lowest BCUT2D eigenvalue weighted by molar-refractivity contribution is -0.174. The second-order valence-corrected chi connectivity index (χ2v) is 3.63. The van der Waals surface area contributed by atoms with E-state index in [4.69, 9.17) is 0 Å². The van der Waals surface area contributed by atoms with Crippen LogP contribution in [0, 0.1) is 0 Å². The zero-order valence-electron chi connectivity index (χ0n) is 7.69. The topological polar surface area (TPSA) is 3.24 Å². The maximum Gasteiger partial charge on any atom is 0.404 e. The van der Waals surface area contributed by atoms with Gasteiger partial charge in [0.25, 0.3) is 0 Å². The van der Waals surface area contributed by atoms with Crippen molar-refractivity contribution < 1.29 is 13.2 Å². The highest BCUT2D eigenvalue weighted by Crippen LogP contribution is 2.32. The van der Waals surface area contributed by atoms with Crippen LogP contribution in [0.3, 0.4) is 0 Å². The molecule has 4 heteroatoms. The van der Waals surface area contributed by atoms with Gasteiger partial charge in [0.15, 0.2) is 0 Å². The number of likely N-dealkylation sites (tertiary alicyclic amines) is 1. The Morgan fingerprint density at radius 3 is 2.62 bits per heavy atom. The van der Waals surface area contributed by atoms with Gasteiger partial charge in [-0.3, -0.25) is 4.90 Å². The highest BCUT2D eigenvalue weighted by molar-refractivity contribution is 4.96. The Morgan fingerprint density at radius 1 is 1.54 bits per heavy atom. The largest absolute Gasteiger partial charge is 0.404 e. The molecule has 0 aromatic heterocycles. The Hall–Kier alpha value is -0.510. The second kappa shape index (κ2) is 3.70. The van der Waals surface area contributed by atoms with E-state index in [9.17, 15) is 13.2 Å². The van der Waals surface area contributed by atoms with Gasteiger partial charge in [0, 0.05) is 6.54 Å². The molecule has 0 N–H and O–H groups in total. The highest BCUT2D eigenvalue weighted by Gasteiger charge is 2.45. The zero-order chi connectivity index (χ0) is 10.1.